The number of rotatable bonds is 9. The van der Waals surface area contributed by atoms with Crippen LogP contribution in [0.15, 0.2) is 55.0 Å². The number of hydrogen-bond donors (Lipinski definition) is 2. The van der Waals surface area contributed by atoms with Crippen molar-refractivity contribution < 1.29 is 32.6 Å². The molecule has 0 bridgehead atoms. The van der Waals surface area contributed by atoms with Gasteiger partial charge in [-0.2, -0.15) is 13.2 Å². The summed E-state index contributed by atoms with van der Waals surface area (Å²) in [5, 5.41) is 13.1. The molecule has 11 nitrogen and oxygen atoms in total. The normalized spacial score (nSPS) is 24.4. The second kappa shape index (κ2) is 14.2. The molecular formula is C39H46F3N7O4. The fraction of sp³-hybridized carbons (Fsp3) is 0.538. The highest BCUT2D eigenvalue weighted by Gasteiger charge is 2.52. The minimum atomic E-state index is -5.01. The first-order valence-corrected chi connectivity index (χ1v) is 18.6. The molecule has 3 aromatic rings. The predicted octanol–water partition coefficient (Wildman–Crippen LogP) is 7.11. The Hall–Kier alpha value is -4.75. The molecule has 1 amide bonds. The molecule has 2 N–H and O–H groups in total. The smallest absolute Gasteiger partial charge is 0.434 e. The molecule has 53 heavy (non-hydrogen) atoms. The lowest BCUT2D eigenvalue weighted by Crippen LogP contribution is -2.63. The number of allylic oxidation sites excluding steroid dienone is 1. The van der Waals surface area contributed by atoms with Gasteiger partial charge in [-0.1, -0.05) is 45.8 Å². The zero-order chi connectivity index (χ0) is 37.5. The van der Waals surface area contributed by atoms with E-state index in [9.17, 15) is 27.9 Å². The first-order chi connectivity index (χ1) is 25.3. The Morgan fingerprint density at radius 1 is 1.06 bits per heavy atom. The molecule has 2 aromatic heterocycles. The highest BCUT2D eigenvalue weighted by atomic mass is 19.4. The second-order valence-electron chi connectivity index (χ2n) is 15.4. The highest BCUT2D eigenvalue weighted by Crippen LogP contribution is 2.51. The lowest BCUT2D eigenvalue weighted by molar-refractivity contribution is -0.150. The Bertz CT molecular complexity index is 1870. The quantitative estimate of drug-likeness (QED) is 0.219. The van der Waals surface area contributed by atoms with Gasteiger partial charge in [0.05, 0.1) is 5.56 Å². The van der Waals surface area contributed by atoms with Crippen LogP contribution in [-0.4, -0.2) is 68.2 Å². The van der Waals surface area contributed by atoms with E-state index in [-0.39, 0.29) is 18.0 Å². The van der Waals surface area contributed by atoms with Crippen LogP contribution in [0.25, 0.3) is 0 Å². The summed E-state index contributed by atoms with van der Waals surface area (Å²) in [4.78, 5) is 47.5. The number of anilines is 3. The number of aromatic nitrogens is 4. The van der Waals surface area contributed by atoms with Crippen LogP contribution in [0.5, 0.6) is 5.75 Å². The number of carbonyl (C=O) groups is 2. The number of benzene rings is 1. The molecule has 4 heterocycles. The Balaban J connectivity index is 1.16. The van der Waals surface area contributed by atoms with E-state index >= 15 is 0 Å². The molecule has 1 aromatic carbocycles. The Labute approximate surface area is 307 Å². The van der Waals surface area contributed by atoms with Crippen molar-refractivity contribution in [2.24, 2.45) is 17.8 Å². The van der Waals surface area contributed by atoms with Gasteiger partial charge in [0.15, 0.2) is 5.69 Å². The largest absolute Gasteiger partial charge is 0.490 e. The van der Waals surface area contributed by atoms with Crippen molar-refractivity contribution in [2.75, 3.05) is 29.4 Å². The number of halogens is 3. The van der Waals surface area contributed by atoms with E-state index in [0.29, 0.717) is 36.8 Å². The van der Waals surface area contributed by atoms with Crippen LogP contribution in [-0.2, 0) is 16.4 Å². The van der Waals surface area contributed by atoms with Gasteiger partial charge in [0.1, 0.15) is 17.4 Å². The summed E-state index contributed by atoms with van der Waals surface area (Å²) >= 11 is 0. The molecule has 0 radical (unpaired) electrons. The number of ether oxygens (including phenoxy) is 1. The maximum absolute atomic E-state index is 14.8. The SMILES string of the molecule is CC1CCCC(C(NC(=O)c2cnc(N3CC4(C=CCC4)c4cc(OC5CCN(c6ncccn6)CC5)ccc43)nc2C(F)(F)F)(C(=O)O)C(C)C)C1. The van der Waals surface area contributed by atoms with Gasteiger partial charge < -0.3 is 25.0 Å². The summed E-state index contributed by atoms with van der Waals surface area (Å²) in [7, 11) is 0. The number of aliphatic carboxylic acids is 1. The van der Waals surface area contributed by atoms with Crippen molar-refractivity contribution in [1.29, 1.82) is 0 Å². The number of amides is 1. The van der Waals surface area contributed by atoms with E-state index in [1.54, 1.807) is 37.2 Å². The van der Waals surface area contributed by atoms with Gasteiger partial charge in [-0.15, -0.1) is 0 Å². The number of nitrogens with zero attached hydrogens (tertiary/aromatic N) is 6. The van der Waals surface area contributed by atoms with Crippen LogP contribution in [0.4, 0.5) is 30.8 Å². The second-order valence-corrected chi connectivity index (χ2v) is 15.4. The zero-order valence-electron chi connectivity index (χ0n) is 30.3. The molecule has 1 spiro atoms. The van der Waals surface area contributed by atoms with Crippen LogP contribution in [0, 0.1) is 17.8 Å². The standard InChI is InChI=1S/C39H46F3N7O4/c1-24(2)38(34(51)52,26-9-6-8-25(3)20-26)47-33(50)29-22-45-36(46-32(29)39(40,41)42)49-23-37(14-4-5-15-37)30-21-28(10-11-31(30)49)53-27-12-18-48(19-13-27)35-43-16-7-17-44-35/h4,7,10-11,14,16-17,21-22,24-27H,5-6,8-9,12-13,15,18-20,23H2,1-3H3,(H,47,50)(H,51,52). The molecule has 4 aliphatic rings. The van der Waals surface area contributed by atoms with E-state index in [1.807, 2.05) is 25.1 Å². The molecule has 2 fully saturated rings. The van der Waals surface area contributed by atoms with Crippen molar-refractivity contribution in [2.45, 2.75) is 95.4 Å². The molecule has 1 saturated heterocycles. The van der Waals surface area contributed by atoms with Gasteiger partial charge in [0.25, 0.3) is 5.91 Å². The van der Waals surface area contributed by atoms with E-state index in [1.165, 1.54) is 0 Å². The number of carbonyl (C=O) groups excluding carboxylic acids is 1. The van der Waals surface area contributed by atoms with Crippen molar-refractivity contribution in [1.82, 2.24) is 25.3 Å². The van der Waals surface area contributed by atoms with Gasteiger partial charge in [0, 0.05) is 62.2 Å². The lowest BCUT2D eigenvalue weighted by Gasteiger charge is -2.44. The summed E-state index contributed by atoms with van der Waals surface area (Å²) in [5.74, 6) is -2.02. The lowest BCUT2D eigenvalue weighted by atomic mass is 9.66. The average molecular weight is 734 g/mol. The molecule has 2 aliphatic carbocycles. The molecule has 14 heteroatoms. The Morgan fingerprint density at radius 2 is 1.81 bits per heavy atom. The van der Waals surface area contributed by atoms with E-state index in [0.717, 1.165) is 63.4 Å². The maximum Gasteiger partial charge on any atom is 0.434 e. The fourth-order valence-electron chi connectivity index (χ4n) is 8.94. The van der Waals surface area contributed by atoms with E-state index < -0.39 is 52.1 Å². The Kier molecular flexibility index (Phi) is 9.83. The summed E-state index contributed by atoms with van der Waals surface area (Å²) in [6, 6.07) is 7.43. The first-order valence-electron chi connectivity index (χ1n) is 18.6. The molecule has 1 saturated carbocycles. The first kappa shape index (κ1) is 36.6. The van der Waals surface area contributed by atoms with Gasteiger partial charge in [0.2, 0.25) is 11.9 Å². The monoisotopic (exact) mass is 733 g/mol. The molecular weight excluding hydrogens is 687 g/mol. The van der Waals surface area contributed by atoms with Crippen molar-refractivity contribution in [3.05, 3.63) is 71.8 Å². The number of carboxylic acid groups (broad SMARTS) is 1. The number of hydrogen-bond acceptors (Lipinski definition) is 9. The third-order valence-corrected chi connectivity index (χ3v) is 11.7. The van der Waals surface area contributed by atoms with Gasteiger partial charge >= 0.3 is 12.1 Å². The Morgan fingerprint density at radius 3 is 2.45 bits per heavy atom. The number of carboxylic acids is 1. The number of nitrogens with one attached hydrogen (secondary N) is 1. The third-order valence-electron chi connectivity index (χ3n) is 11.7. The van der Waals surface area contributed by atoms with Crippen LogP contribution in [0.3, 0.4) is 0 Å². The number of alkyl halides is 3. The molecule has 2 aliphatic heterocycles. The number of piperidine rings is 1. The minimum absolute atomic E-state index is 0.0194. The zero-order valence-corrected chi connectivity index (χ0v) is 30.3. The predicted molar refractivity (Wildman–Crippen MR) is 192 cm³/mol. The average Bonchev–Trinajstić information content (AvgIpc) is 3.74. The molecule has 4 atom stereocenters. The molecule has 4 unspecified atom stereocenters. The molecule has 7 rings (SSSR count). The van der Waals surface area contributed by atoms with Crippen molar-refractivity contribution in [3.63, 3.8) is 0 Å². The van der Waals surface area contributed by atoms with Crippen LogP contribution < -0.4 is 19.9 Å². The van der Waals surface area contributed by atoms with E-state index in [2.05, 4.69) is 42.3 Å². The summed E-state index contributed by atoms with van der Waals surface area (Å²) in [5.41, 5.74) is -2.85. The van der Waals surface area contributed by atoms with Crippen LogP contribution >= 0.6 is 0 Å². The third kappa shape index (κ3) is 6.92. The van der Waals surface area contributed by atoms with Crippen LogP contribution in [0.1, 0.15) is 93.8 Å². The van der Waals surface area contributed by atoms with Gasteiger partial charge in [-0.3, -0.25) is 4.79 Å². The molecule has 282 valence electrons. The number of fused-ring (bicyclic) bond motifs is 2. The highest BCUT2D eigenvalue weighted by molar-refractivity contribution is 5.99. The maximum atomic E-state index is 14.8. The fourth-order valence-corrected chi connectivity index (χ4v) is 8.94. The van der Waals surface area contributed by atoms with Gasteiger partial charge in [-0.05, 0) is 73.3 Å². The van der Waals surface area contributed by atoms with E-state index in [4.69, 9.17) is 4.74 Å². The summed E-state index contributed by atoms with van der Waals surface area (Å²) in [6.07, 6.45) is 9.43. The summed E-state index contributed by atoms with van der Waals surface area (Å²) < 4.78 is 50.8. The van der Waals surface area contributed by atoms with Gasteiger partial charge in [-0.25, -0.2) is 24.7 Å². The summed E-state index contributed by atoms with van der Waals surface area (Å²) in [6.45, 7) is 7.20. The van der Waals surface area contributed by atoms with Crippen LogP contribution in [0.2, 0.25) is 0 Å². The van der Waals surface area contributed by atoms with Crippen molar-refractivity contribution in [3.8, 4) is 5.75 Å². The minimum Gasteiger partial charge on any atom is -0.490 e. The van der Waals surface area contributed by atoms with Crippen molar-refractivity contribution >= 4 is 29.5 Å². The topological polar surface area (TPSA) is 134 Å².